The van der Waals surface area contributed by atoms with Gasteiger partial charge in [-0.15, -0.1) is 5.10 Å². The van der Waals surface area contributed by atoms with Crippen LogP contribution in [0.15, 0.2) is 30.3 Å². The summed E-state index contributed by atoms with van der Waals surface area (Å²) >= 11 is 0. The number of nitrogens with zero attached hydrogens (tertiary/aromatic N) is 4. The molecule has 6 nitrogen and oxygen atoms in total. The predicted octanol–water partition coefficient (Wildman–Crippen LogP) is 1.93. The van der Waals surface area contributed by atoms with Crippen molar-refractivity contribution in [2.75, 3.05) is 31.6 Å². The summed E-state index contributed by atoms with van der Waals surface area (Å²) in [6.07, 6.45) is 3.72. The van der Waals surface area contributed by atoms with Crippen molar-refractivity contribution in [1.82, 2.24) is 15.1 Å². The van der Waals surface area contributed by atoms with Crippen molar-refractivity contribution < 1.29 is 9.53 Å². The number of hydrogen-bond acceptors (Lipinski definition) is 5. The van der Waals surface area contributed by atoms with Gasteiger partial charge in [0.25, 0.3) is 5.91 Å². The van der Waals surface area contributed by atoms with Crippen LogP contribution in [0.1, 0.15) is 34.9 Å². The number of ether oxygens (including phenoxy) is 1. The maximum Gasteiger partial charge on any atom is 0.256 e. The number of hydrogen-bond donors (Lipinski definition) is 0. The van der Waals surface area contributed by atoms with Crippen molar-refractivity contribution in [1.29, 1.82) is 0 Å². The Morgan fingerprint density at radius 3 is 2.89 bits per heavy atom. The Morgan fingerprint density at radius 2 is 2.00 bits per heavy atom. The average Bonchev–Trinajstić information content (AvgIpc) is 3.13. The third-order valence-electron chi connectivity index (χ3n) is 6.11. The van der Waals surface area contributed by atoms with Crippen LogP contribution in [-0.2, 0) is 28.8 Å². The number of anilines is 1. The minimum Gasteiger partial charge on any atom is -0.363 e. The Hall–Kier alpha value is -2.47. The second-order valence-electron chi connectivity index (χ2n) is 7.74. The van der Waals surface area contributed by atoms with Crippen LogP contribution in [0.5, 0.6) is 0 Å². The third-order valence-corrected chi connectivity index (χ3v) is 6.11. The molecular weight excluding hydrogens is 340 g/mol. The van der Waals surface area contributed by atoms with E-state index in [0.29, 0.717) is 6.61 Å². The van der Waals surface area contributed by atoms with Crippen LogP contribution in [0, 0.1) is 0 Å². The van der Waals surface area contributed by atoms with Crippen LogP contribution in [0.3, 0.4) is 0 Å². The summed E-state index contributed by atoms with van der Waals surface area (Å²) in [5, 5.41) is 8.75. The van der Waals surface area contributed by atoms with E-state index in [1.165, 1.54) is 17.5 Å². The molecule has 27 heavy (non-hydrogen) atoms. The summed E-state index contributed by atoms with van der Waals surface area (Å²) in [5.74, 6) is 0.985. The minimum atomic E-state index is -0.478. The van der Waals surface area contributed by atoms with Gasteiger partial charge >= 0.3 is 0 Å². The van der Waals surface area contributed by atoms with Crippen LogP contribution in [0.4, 0.5) is 5.82 Å². The Morgan fingerprint density at radius 1 is 1.15 bits per heavy atom. The van der Waals surface area contributed by atoms with E-state index >= 15 is 0 Å². The van der Waals surface area contributed by atoms with Crippen LogP contribution >= 0.6 is 0 Å². The summed E-state index contributed by atoms with van der Waals surface area (Å²) in [5.41, 5.74) is 4.72. The van der Waals surface area contributed by atoms with Gasteiger partial charge in [-0.3, -0.25) is 4.79 Å². The van der Waals surface area contributed by atoms with E-state index in [2.05, 4.69) is 27.2 Å². The molecule has 0 radical (unpaired) electrons. The lowest BCUT2D eigenvalue weighted by molar-refractivity contribution is -0.146. The molecule has 1 aromatic carbocycles. The molecule has 1 atom stereocenters. The molecule has 1 aromatic heterocycles. The molecule has 3 aliphatic rings. The summed E-state index contributed by atoms with van der Waals surface area (Å²) in [4.78, 5) is 17.1. The van der Waals surface area contributed by atoms with Crippen molar-refractivity contribution in [3.05, 3.63) is 52.7 Å². The maximum absolute atomic E-state index is 13.0. The molecule has 5 rings (SSSR count). The highest BCUT2D eigenvalue weighted by Gasteiger charge is 2.38. The minimum absolute atomic E-state index is 0.0480. The molecule has 0 N–H and O–H groups in total. The molecule has 2 aromatic rings. The van der Waals surface area contributed by atoms with Gasteiger partial charge in [-0.1, -0.05) is 24.3 Å². The Kier molecular flexibility index (Phi) is 4.08. The topological polar surface area (TPSA) is 58.6 Å². The Bertz CT molecular complexity index is 878. The van der Waals surface area contributed by atoms with Gasteiger partial charge in [0, 0.05) is 20.1 Å². The van der Waals surface area contributed by atoms with Gasteiger partial charge in [0.1, 0.15) is 0 Å². The SMILES string of the molecule is CN(C(=O)C1OCCc2ccccc21)C1CN(c2cc3c(nn2)CCC3)C1. The van der Waals surface area contributed by atoms with Crippen molar-refractivity contribution in [3.8, 4) is 0 Å². The van der Waals surface area contributed by atoms with Gasteiger partial charge in [-0.25, -0.2) is 0 Å². The fourth-order valence-corrected chi connectivity index (χ4v) is 4.32. The van der Waals surface area contributed by atoms with Crippen molar-refractivity contribution in [2.24, 2.45) is 0 Å². The Labute approximate surface area is 159 Å². The molecule has 140 valence electrons. The lowest BCUT2D eigenvalue weighted by atomic mass is 9.96. The lowest BCUT2D eigenvalue weighted by Gasteiger charge is -2.45. The largest absolute Gasteiger partial charge is 0.363 e. The zero-order valence-electron chi connectivity index (χ0n) is 15.6. The van der Waals surface area contributed by atoms with E-state index in [-0.39, 0.29) is 11.9 Å². The van der Waals surface area contributed by atoms with Crippen LogP contribution in [0.25, 0.3) is 0 Å². The van der Waals surface area contributed by atoms with E-state index in [0.717, 1.165) is 49.4 Å². The van der Waals surface area contributed by atoms with Crippen molar-refractivity contribution in [3.63, 3.8) is 0 Å². The number of amides is 1. The molecule has 1 unspecified atom stereocenters. The molecule has 0 bridgehead atoms. The third kappa shape index (κ3) is 2.88. The standard InChI is InChI=1S/C21H24N4O2/c1-24(21(26)20-17-7-3-2-5-14(17)9-10-27-20)16-12-25(13-16)19-11-15-6-4-8-18(15)22-23-19/h2-3,5,7,11,16,20H,4,6,8-10,12-13H2,1H3. The van der Waals surface area contributed by atoms with Crippen molar-refractivity contribution >= 4 is 11.7 Å². The molecule has 1 saturated heterocycles. The first-order valence-electron chi connectivity index (χ1n) is 9.77. The molecule has 0 spiro atoms. The number of carbonyl (C=O) groups excluding carboxylic acids is 1. The van der Waals surface area contributed by atoms with E-state index in [1.54, 1.807) is 0 Å². The molecule has 0 saturated carbocycles. The van der Waals surface area contributed by atoms with E-state index in [1.807, 2.05) is 30.1 Å². The fourth-order valence-electron chi connectivity index (χ4n) is 4.32. The monoisotopic (exact) mass is 364 g/mol. The predicted molar refractivity (Wildman–Crippen MR) is 102 cm³/mol. The number of benzene rings is 1. The second-order valence-corrected chi connectivity index (χ2v) is 7.74. The number of aromatic nitrogens is 2. The number of likely N-dealkylation sites (N-methyl/N-ethyl adjacent to an activating group) is 1. The first-order valence-corrected chi connectivity index (χ1v) is 9.77. The molecule has 2 aliphatic heterocycles. The zero-order valence-corrected chi connectivity index (χ0v) is 15.6. The van der Waals surface area contributed by atoms with Gasteiger partial charge < -0.3 is 14.5 Å². The second kappa shape index (κ2) is 6.60. The number of carbonyl (C=O) groups is 1. The number of fused-ring (bicyclic) bond motifs is 2. The van der Waals surface area contributed by atoms with E-state index in [9.17, 15) is 4.79 Å². The highest BCUT2D eigenvalue weighted by Crippen LogP contribution is 2.31. The maximum atomic E-state index is 13.0. The van der Waals surface area contributed by atoms with Gasteiger partial charge in [0.05, 0.1) is 18.3 Å². The average molecular weight is 364 g/mol. The van der Waals surface area contributed by atoms with Crippen LogP contribution in [0.2, 0.25) is 0 Å². The first kappa shape index (κ1) is 16.7. The van der Waals surface area contributed by atoms with Gasteiger partial charge in [0.15, 0.2) is 11.9 Å². The highest BCUT2D eigenvalue weighted by atomic mass is 16.5. The molecule has 6 heteroatoms. The van der Waals surface area contributed by atoms with Gasteiger partial charge in [-0.2, -0.15) is 5.10 Å². The van der Waals surface area contributed by atoms with Crippen LogP contribution in [-0.4, -0.2) is 53.8 Å². The summed E-state index contributed by atoms with van der Waals surface area (Å²) in [6.45, 7) is 2.19. The smallest absolute Gasteiger partial charge is 0.256 e. The molecule has 1 aliphatic carbocycles. The Balaban J connectivity index is 1.25. The quantitative estimate of drug-likeness (QED) is 0.833. The first-order chi connectivity index (χ1) is 13.2. The summed E-state index contributed by atoms with van der Waals surface area (Å²) in [7, 11) is 1.89. The van der Waals surface area contributed by atoms with Gasteiger partial charge in [0.2, 0.25) is 0 Å². The fraction of sp³-hybridized carbons (Fsp3) is 0.476. The normalized spacial score (nSPS) is 21.4. The van der Waals surface area contributed by atoms with Gasteiger partial charge in [-0.05, 0) is 48.4 Å². The summed E-state index contributed by atoms with van der Waals surface area (Å²) in [6, 6.07) is 10.5. The molecular formula is C21H24N4O2. The zero-order chi connectivity index (χ0) is 18.4. The van der Waals surface area contributed by atoms with E-state index in [4.69, 9.17) is 4.74 Å². The lowest BCUT2D eigenvalue weighted by Crippen LogP contribution is -2.61. The molecule has 3 heterocycles. The van der Waals surface area contributed by atoms with Crippen molar-refractivity contribution in [2.45, 2.75) is 37.8 Å². The van der Waals surface area contributed by atoms with Crippen LogP contribution < -0.4 is 4.90 Å². The number of rotatable bonds is 3. The summed E-state index contributed by atoms with van der Waals surface area (Å²) < 4.78 is 5.84. The van der Waals surface area contributed by atoms with E-state index < -0.39 is 6.10 Å². The highest BCUT2D eigenvalue weighted by molar-refractivity contribution is 5.83. The molecule has 1 fully saturated rings. The molecule has 1 amide bonds. The number of aryl methyl sites for hydroxylation is 2.